The van der Waals surface area contributed by atoms with Crippen molar-refractivity contribution in [3.05, 3.63) is 60.2 Å². The molecule has 4 rings (SSSR count). The summed E-state index contributed by atoms with van der Waals surface area (Å²) >= 11 is 0. The van der Waals surface area contributed by atoms with Crippen LogP contribution in [0.5, 0.6) is 11.5 Å². The molecule has 0 saturated carbocycles. The van der Waals surface area contributed by atoms with Crippen molar-refractivity contribution in [3.8, 4) is 40.0 Å². The van der Waals surface area contributed by atoms with Gasteiger partial charge in [-0.1, -0.05) is 12.1 Å². The first-order chi connectivity index (χ1) is 15.7. The van der Waals surface area contributed by atoms with E-state index in [1.165, 1.54) is 0 Å². The van der Waals surface area contributed by atoms with E-state index in [1.807, 2.05) is 24.3 Å². The van der Waals surface area contributed by atoms with Crippen molar-refractivity contribution in [2.45, 2.75) is 0 Å². The van der Waals surface area contributed by atoms with E-state index in [1.54, 1.807) is 37.4 Å². The normalized spacial score (nSPS) is 14.0. The van der Waals surface area contributed by atoms with E-state index in [9.17, 15) is 5.11 Å². The van der Waals surface area contributed by atoms with Crippen molar-refractivity contribution in [2.24, 2.45) is 0 Å². The SMILES string of the molecule is COc1ccc(O)c(-c2cc(-c3ccc(C#N)cc3)cc(NCCN3CCOCC3)n2)c1. The molecule has 2 N–H and O–H groups in total. The van der Waals surface area contributed by atoms with Gasteiger partial charge in [-0.25, -0.2) is 4.98 Å². The number of nitriles is 1. The summed E-state index contributed by atoms with van der Waals surface area (Å²) in [7, 11) is 1.59. The number of pyridine rings is 1. The molecule has 2 heterocycles. The smallest absolute Gasteiger partial charge is 0.127 e. The van der Waals surface area contributed by atoms with Crippen LogP contribution in [0.15, 0.2) is 54.6 Å². The van der Waals surface area contributed by atoms with Crippen molar-refractivity contribution in [1.82, 2.24) is 9.88 Å². The first kappa shape index (κ1) is 21.6. The van der Waals surface area contributed by atoms with E-state index in [4.69, 9.17) is 19.7 Å². The summed E-state index contributed by atoms with van der Waals surface area (Å²) in [6.45, 7) is 5.04. The average Bonchev–Trinajstić information content (AvgIpc) is 2.85. The monoisotopic (exact) mass is 430 g/mol. The quantitative estimate of drug-likeness (QED) is 0.590. The number of anilines is 1. The molecule has 1 aromatic heterocycles. The molecule has 1 aliphatic rings. The maximum Gasteiger partial charge on any atom is 0.127 e. The minimum absolute atomic E-state index is 0.134. The first-order valence-corrected chi connectivity index (χ1v) is 10.6. The Morgan fingerprint density at radius 2 is 1.88 bits per heavy atom. The number of benzene rings is 2. The molecule has 3 aromatic rings. The second-order valence-electron chi connectivity index (χ2n) is 7.58. The molecular weight excluding hydrogens is 404 g/mol. The maximum atomic E-state index is 10.5. The van der Waals surface area contributed by atoms with Gasteiger partial charge in [0.25, 0.3) is 0 Å². The van der Waals surface area contributed by atoms with Crippen molar-refractivity contribution in [2.75, 3.05) is 51.8 Å². The number of ether oxygens (including phenoxy) is 2. The van der Waals surface area contributed by atoms with E-state index < -0.39 is 0 Å². The van der Waals surface area contributed by atoms with E-state index in [0.717, 1.165) is 56.3 Å². The van der Waals surface area contributed by atoms with Crippen LogP contribution >= 0.6 is 0 Å². The lowest BCUT2D eigenvalue weighted by atomic mass is 10.0. The molecule has 7 nitrogen and oxygen atoms in total. The van der Waals surface area contributed by atoms with Crippen molar-refractivity contribution >= 4 is 5.82 Å². The fourth-order valence-corrected chi connectivity index (χ4v) is 3.68. The Morgan fingerprint density at radius 3 is 2.59 bits per heavy atom. The van der Waals surface area contributed by atoms with Crippen LogP contribution in [0.4, 0.5) is 5.82 Å². The lowest BCUT2D eigenvalue weighted by Gasteiger charge is -2.26. The van der Waals surface area contributed by atoms with Gasteiger partial charge in [0.2, 0.25) is 0 Å². The van der Waals surface area contributed by atoms with Gasteiger partial charge in [0.1, 0.15) is 17.3 Å². The lowest BCUT2D eigenvalue weighted by molar-refractivity contribution is 0.0398. The topological polar surface area (TPSA) is 90.6 Å². The van der Waals surface area contributed by atoms with Crippen molar-refractivity contribution < 1.29 is 14.6 Å². The standard InChI is InChI=1S/C25H26N4O3/c1-31-21-6-7-24(30)22(16-21)23-14-20(19-4-2-18(17-26)3-5-19)15-25(28-23)27-8-9-29-10-12-32-13-11-29/h2-7,14-16,30H,8-13H2,1H3,(H,27,28). The number of hydrogen-bond donors (Lipinski definition) is 2. The van der Waals surface area contributed by atoms with Crippen LogP contribution in [0.25, 0.3) is 22.4 Å². The van der Waals surface area contributed by atoms with Crippen LogP contribution in [0.1, 0.15) is 5.56 Å². The third-order valence-electron chi connectivity index (χ3n) is 5.49. The Morgan fingerprint density at radius 1 is 1.09 bits per heavy atom. The highest BCUT2D eigenvalue weighted by molar-refractivity contribution is 5.77. The minimum Gasteiger partial charge on any atom is -0.507 e. The molecule has 0 bridgehead atoms. The number of morpholine rings is 1. The summed E-state index contributed by atoms with van der Waals surface area (Å²) < 4.78 is 10.7. The molecule has 0 amide bonds. The second kappa shape index (κ2) is 10.1. The predicted molar refractivity (Wildman–Crippen MR) is 124 cm³/mol. The molecule has 1 fully saturated rings. The largest absolute Gasteiger partial charge is 0.507 e. The number of nitrogens with zero attached hydrogens (tertiary/aromatic N) is 3. The molecular formula is C25H26N4O3. The molecule has 0 unspecified atom stereocenters. The maximum absolute atomic E-state index is 10.5. The molecule has 164 valence electrons. The van der Waals surface area contributed by atoms with Gasteiger partial charge in [-0.2, -0.15) is 5.26 Å². The van der Waals surface area contributed by atoms with Crippen LogP contribution in [0, 0.1) is 11.3 Å². The third kappa shape index (κ3) is 5.17. The van der Waals surface area contributed by atoms with Gasteiger partial charge in [0.15, 0.2) is 0 Å². The summed E-state index contributed by atoms with van der Waals surface area (Å²) in [4.78, 5) is 7.12. The zero-order valence-corrected chi connectivity index (χ0v) is 18.0. The summed E-state index contributed by atoms with van der Waals surface area (Å²) in [6.07, 6.45) is 0. The molecule has 2 aromatic carbocycles. The van der Waals surface area contributed by atoms with Gasteiger partial charge < -0.3 is 19.9 Å². The zero-order chi connectivity index (χ0) is 22.3. The highest BCUT2D eigenvalue weighted by Crippen LogP contribution is 2.35. The van der Waals surface area contributed by atoms with E-state index in [0.29, 0.717) is 22.6 Å². The van der Waals surface area contributed by atoms with Gasteiger partial charge in [-0.05, 0) is 53.6 Å². The second-order valence-corrected chi connectivity index (χ2v) is 7.58. The van der Waals surface area contributed by atoms with Gasteiger partial charge in [-0.3, -0.25) is 4.90 Å². The van der Waals surface area contributed by atoms with Gasteiger partial charge in [0.05, 0.1) is 37.7 Å². The highest BCUT2D eigenvalue weighted by Gasteiger charge is 2.13. The lowest BCUT2D eigenvalue weighted by Crippen LogP contribution is -2.39. The van der Waals surface area contributed by atoms with E-state index in [2.05, 4.69) is 16.3 Å². The molecule has 0 aliphatic carbocycles. The summed E-state index contributed by atoms with van der Waals surface area (Å²) in [5.41, 5.74) is 3.74. The zero-order valence-electron chi connectivity index (χ0n) is 18.0. The summed E-state index contributed by atoms with van der Waals surface area (Å²) in [5, 5.41) is 23.0. The summed E-state index contributed by atoms with van der Waals surface area (Å²) in [6, 6.07) is 18.6. The number of aromatic nitrogens is 1. The number of hydrogen-bond acceptors (Lipinski definition) is 7. The number of nitrogens with one attached hydrogen (secondary N) is 1. The van der Waals surface area contributed by atoms with E-state index in [-0.39, 0.29) is 5.75 Å². The van der Waals surface area contributed by atoms with Gasteiger partial charge in [0, 0.05) is 31.7 Å². The average molecular weight is 431 g/mol. The number of aromatic hydroxyl groups is 1. The number of rotatable bonds is 7. The molecule has 0 atom stereocenters. The van der Waals surface area contributed by atoms with Crippen molar-refractivity contribution in [3.63, 3.8) is 0 Å². The number of methoxy groups -OCH3 is 1. The Kier molecular flexibility index (Phi) is 6.85. The Bertz CT molecular complexity index is 1100. The fourth-order valence-electron chi connectivity index (χ4n) is 3.68. The first-order valence-electron chi connectivity index (χ1n) is 10.6. The highest BCUT2D eigenvalue weighted by atomic mass is 16.5. The van der Waals surface area contributed by atoms with Crippen LogP contribution in [0.3, 0.4) is 0 Å². The molecule has 0 radical (unpaired) electrons. The molecule has 1 aliphatic heterocycles. The predicted octanol–water partition coefficient (Wildman–Crippen LogP) is 3.75. The van der Waals surface area contributed by atoms with Crippen LogP contribution in [0.2, 0.25) is 0 Å². The van der Waals surface area contributed by atoms with Crippen molar-refractivity contribution in [1.29, 1.82) is 5.26 Å². The molecule has 32 heavy (non-hydrogen) atoms. The molecule has 0 spiro atoms. The van der Waals surface area contributed by atoms with Crippen LogP contribution < -0.4 is 10.1 Å². The Hall–Kier alpha value is -3.60. The van der Waals surface area contributed by atoms with Gasteiger partial charge in [-0.15, -0.1) is 0 Å². The van der Waals surface area contributed by atoms with Crippen LogP contribution in [-0.4, -0.2) is 61.5 Å². The fraction of sp³-hybridized carbons (Fsp3) is 0.280. The Labute approximate surface area is 187 Å². The molecule has 7 heteroatoms. The van der Waals surface area contributed by atoms with E-state index >= 15 is 0 Å². The summed E-state index contributed by atoms with van der Waals surface area (Å²) in [5.74, 6) is 1.50. The number of phenolic OH excluding ortho intramolecular Hbond substituents is 1. The van der Waals surface area contributed by atoms with Gasteiger partial charge >= 0.3 is 0 Å². The molecule has 1 saturated heterocycles. The number of phenols is 1. The Balaban J connectivity index is 1.65. The van der Waals surface area contributed by atoms with Crippen LogP contribution in [-0.2, 0) is 4.74 Å². The minimum atomic E-state index is 0.134. The third-order valence-corrected chi connectivity index (χ3v) is 5.49.